The zero-order chi connectivity index (χ0) is 18.9. The Morgan fingerprint density at radius 2 is 1.67 bits per heavy atom. The summed E-state index contributed by atoms with van der Waals surface area (Å²) in [4.78, 5) is 2.22. The quantitative estimate of drug-likeness (QED) is 0.659. The van der Waals surface area contributed by atoms with E-state index in [0.29, 0.717) is 25.0 Å². The number of rotatable bonds is 6. The van der Waals surface area contributed by atoms with Crippen LogP contribution < -0.4 is 0 Å². The van der Waals surface area contributed by atoms with Gasteiger partial charge in [-0.05, 0) is 53.1 Å². The average Bonchev–Trinajstić information content (AvgIpc) is 3.41. The Kier molecular flexibility index (Phi) is 4.65. The van der Waals surface area contributed by atoms with E-state index in [1.165, 1.54) is 0 Å². The van der Waals surface area contributed by atoms with Gasteiger partial charge in [0.05, 0.1) is 17.8 Å². The van der Waals surface area contributed by atoms with Gasteiger partial charge in [-0.15, -0.1) is 5.10 Å². The third kappa shape index (κ3) is 4.16. The maximum Gasteiger partial charge on any atom is 0.416 e. The van der Waals surface area contributed by atoms with Gasteiger partial charge in [0.2, 0.25) is 0 Å². The Balaban J connectivity index is 1.51. The molecule has 0 amide bonds. The van der Waals surface area contributed by atoms with Gasteiger partial charge in [-0.3, -0.25) is 4.90 Å². The number of benzene rings is 2. The second-order valence-corrected chi connectivity index (χ2v) is 6.67. The third-order valence-electron chi connectivity index (χ3n) is 4.61. The zero-order valence-corrected chi connectivity index (χ0v) is 14.5. The lowest BCUT2D eigenvalue weighted by Crippen LogP contribution is -2.27. The molecule has 0 aliphatic heterocycles. The summed E-state index contributed by atoms with van der Waals surface area (Å²) in [5, 5.41) is 12.0. The first-order valence-electron chi connectivity index (χ1n) is 8.73. The maximum atomic E-state index is 12.7. The van der Waals surface area contributed by atoms with E-state index in [0.717, 1.165) is 36.2 Å². The van der Waals surface area contributed by atoms with E-state index in [1.807, 2.05) is 30.3 Å². The van der Waals surface area contributed by atoms with Gasteiger partial charge < -0.3 is 0 Å². The highest BCUT2D eigenvalue weighted by atomic mass is 19.4. The second kappa shape index (κ2) is 7.11. The molecule has 0 bridgehead atoms. The number of aromatic nitrogens is 4. The molecule has 1 aliphatic rings. The van der Waals surface area contributed by atoms with Gasteiger partial charge in [0.1, 0.15) is 0 Å². The predicted octanol–water partition coefficient (Wildman–Crippen LogP) is 3.85. The summed E-state index contributed by atoms with van der Waals surface area (Å²) in [6.45, 7) is 1.10. The van der Waals surface area contributed by atoms with Crippen LogP contribution in [0.25, 0.3) is 5.69 Å². The molecule has 1 saturated carbocycles. The van der Waals surface area contributed by atoms with Crippen molar-refractivity contribution in [3.8, 4) is 5.69 Å². The molecule has 1 aromatic heterocycles. The molecule has 1 heterocycles. The largest absolute Gasteiger partial charge is 0.416 e. The van der Waals surface area contributed by atoms with Crippen LogP contribution in [0.5, 0.6) is 0 Å². The van der Waals surface area contributed by atoms with Crippen molar-refractivity contribution in [2.24, 2.45) is 0 Å². The molecule has 1 aliphatic carbocycles. The van der Waals surface area contributed by atoms with Gasteiger partial charge >= 0.3 is 6.18 Å². The van der Waals surface area contributed by atoms with Crippen molar-refractivity contribution < 1.29 is 13.2 Å². The molecule has 0 spiro atoms. The van der Waals surface area contributed by atoms with Crippen molar-refractivity contribution in [2.75, 3.05) is 0 Å². The van der Waals surface area contributed by atoms with E-state index in [9.17, 15) is 13.2 Å². The van der Waals surface area contributed by atoms with Crippen LogP contribution in [0.3, 0.4) is 0 Å². The first kappa shape index (κ1) is 17.7. The topological polar surface area (TPSA) is 46.8 Å². The lowest BCUT2D eigenvalue weighted by Gasteiger charge is -2.21. The molecule has 5 nitrogen and oxygen atoms in total. The van der Waals surface area contributed by atoms with Gasteiger partial charge in [0.15, 0.2) is 5.82 Å². The van der Waals surface area contributed by atoms with Gasteiger partial charge in [-0.1, -0.05) is 30.3 Å². The molecule has 0 unspecified atom stereocenters. The fraction of sp³-hybridized carbons (Fsp3) is 0.316. The van der Waals surface area contributed by atoms with E-state index in [2.05, 4.69) is 20.4 Å². The molecule has 2 aromatic carbocycles. The summed E-state index contributed by atoms with van der Waals surface area (Å²) in [5.74, 6) is 0.708. The van der Waals surface area contributed by atoms with E-state index in [-0.39, 0.29) is 0 Å². The molecule has 4 rings (SSSR count). The minimum Gasteiger partial charge on any atom is -0.289 e. The number of halogens is 3. The molecule has 0 saturated heterocycles. The van der Waals surface area contributed by atoms with E-state index >= 15 is 0 Å². The summed E-state index contributed by atoms with van der Waals surface area (Å²) in [5.41, 5.74) is 1.09. The van der Waals surface area contributed by atoms with Crippen LogP contribution >= 0.6 is 0 Å². The molecule has 1 fully saturated rings. The number of hydrogen-bond acceptors (Lipinski definition) is 4. The fourth-order valence-corrected chi connectivity index (χ4v) is 3.04. The van der Waals surface area contributed by atoms with Gasteiger partial charge in [0.25, 0.3) is 0 Å². The van der Waals surface area contributed by atoms with Gasteiger partial charge in [-0.2, -0.15) is 17.9 Å². The Bertz CT molecular complexity index is 886. The molecule has 3 aromatic rings. The first-order chi connectivity index (χ1) is 13.0. The van der Waals surface area contributed by atoms with Crippen molar-refractivity contribution in [1.82, 2.24) is 25.1 Å². The third-order valence-corrected chi connectivity index (χ3v) is 4.61. The molecular weight excluding hydrogens is 355 g/mol. The average molecular weight is 373 g/mol. The number of nitrogens with zero attached hydrogens (tertiary/aromatic N) is 5. The lowest BCUT2D eigenvalue weighted by atomic mass is 10.1. The van der Waals surface area contributed by atoms with Crippen molar-refractivity contribution in [3.63, 3.8) is 0 Å². The van der Waals surface area contributed by atoms with Crippen LogP contribution in [0, 0.1) is 0 Å². The fourth-order valence-electron chi connectivity index (χ4n) is 3.04. The van der Waals surface area contributed by atoms with E-state index in [1.54, 1.807) is 16.8 Å². The van der Waals surface area contributed by atoms with Gasteiger partial charge in [-0.25, -0.2) is 0 Å². The highest BCUT2D eigenvalue weighted by Gasteiger charge is 2.32. The van der Waals surface area contributed by atoms with Gasteiger partial charge in [0, 0.05) is 12.6 Å². The number of alkyl halides is 3. The summed E-state index contributed by atoms with van der Waals surface area (Å²) < 4.78 is 39.9. The highest BCUT2D eigenvalue weighted by Crippen LogP contribution is 2.32. The number of hydrogen-bond donors (Lipinski definition) is 0. The summed E-state index contributed by atoms with van der Waals surface area (Å²) in [7, 11) is 0. The van der Waals surface area contributed by atoms with Crippen molar-refractivity contribution in [2.45, 2.75) is 38.1 Å². The van der Waals surface area contributed by atoms with Crippen LogP contribution in [-0.2, 0) is 19.3 Å². The van der Waals surface area contributed by atoms with E-state index < -0.39 is 11.7 Å². The summed E-state index contributed by atoms with van der Waals surface area (Å²) in [6.07, 6.45) is -2.16. The molecule has 0 N–H and O–H groups in total. The van der Waals surface area contributed by atoms with Crippen molar-refractivity contribution in [3.05, 3.63) is 71.5 Å². The van der Waals surface area contributed by atoms with Crippen LogP contribution in [0.4, 0.5) is 13.2 Å². The maximum absolute atomic E-state index is 12.7. The minimum atomic E-state index is -4.31. The Morgan fingerprint density at radius 3 is 2.30 bits per heavy atom. The number of tetrazole rings is 1. The molecule has 140 valence electrons. The molecule has 0 radical (unpaired) electrons. The van der Waals surface area contributed by atoms with Crippen LogP contribution in [0.1, 0.15) is 29.8 Å². The normalized spacial score (nSPS) is 14.7. The zero-order valence-electron chi connectivity index (χ0n) is 14.5. The summed E-state index contributed by atoms with van der Waals surface area (Å²) in [6, 6.07) is 15.4. The highest BCUT2D eigenvalue weighted by molar-refractivity contribution is 5.30. The monoisotopic (exact) mass is 373 g/mol. The summed E-state index contributed by atoms with van der Waals surface area (Å²) >= 11 is 0. The Labute approximate surface area is 154 Å². The lowest BCUT2D eigenvalue weighted by molar-refractivity contribution is -0.137. The molecular formula is C19H18F3N5. The van der Waals surface area contributed by atoms with Crippen LogP contribution in [0.15, 0.2) is 54.6 Å². The minimum absolute atomic E-state index is 0.410. The van der Waals surface area contributed by atoms with Crippen molar-refractivity contribution >= 4 is 0 Å². The molecule has 8 heteroatoms. The SMILES string of the molecule is FC(F)(F)c1ccc(CN(Cc2nnnn2-c2ccccc2)C2CC2)cc1. The Morgan fingerprint density at radius 1 is 0.963 bits per heavy atom. The number of para-hydroxylation sites is 1. The van der Waals surface area contributed by atoms with E-state index in [4.69, 9.17) is 0 Å². The molecule has 0 atom stereocenters. The predicted molar refractivity (Wildman–Crippen MR) is 92.9 cm³/mol. The second-order valence-electron chi connectivity index (χ2n) is 6.67. The van der Waals surface area contributed by atoms with Crippen LogP contribution in [-0.4, -0.2) is 31.1 Å². The Hall–Kier alpha value is -2.74. The standard InChI is InChI=1S/C19H18F3N5/c20-19(21,22)15-8-6-14(7-9-15)12-26(16-10-11-16)13-18-23-24-25-27(18)17-4-2-1-3-5-17/h1-9,16H,10-13H2. The van der Waals surface area contributed by atoms with Crippen molar-refractivity contribution in [1.29, 1.82) is 0 Å². The smallest absolute Gasteiger partial charge is 0.289 e. The first-order valence-corrected chi connectivity index (χ1v) is 8.73. The van der Waals surface area contributed by atoms with Crippen LogP contribution in [0.2, 0.25) is 0 Å². The molecule has 27 heavy (non-hydrogen) atoms.